The number of aliphatic hydroxyl groups excluding tert-OH is 2. The lowest BCUT2D eigenvalue weighted by Gasteiger charge is -2.17. The summed E-state index contributed by atoms with van der Waals surface area (Å²) in [5, 5.41) is 21.6. The largest absolute Gasteiger partial charge is 0.394 e. The Morgan fingerprint density at radius 2 is 2.15 bits per heavy atom. The van der Waals surface area contributed by atoms with E-state index in [4.69, 9.17) is 14.6 Å². The van der Waals surface area contributed by atoms with Crippen molar-refractivity contribution >= 4 is 17.4 Å². The molecular formula is C20H33NO4S. The lowest BCUT2D eigenvalue weighted by Crippen LogP contribution is -2.21. The summed E-state index contributed by atoms with van der Waals surface area (Å²) in [6.45, 7) is 6.11. The van der Waals surface area contributed by atoms with Crippen LogP contribution in [0.4, 0.5) is 0 Å². The van der Waals surface area contributed by atoms with Crippen LogP contribution in [-0.4, -0.2) is 47.9 Å². The molecule has 1 aromatic rings. The first-order chi connectivity index (χ1) is 12.5. The molecular weight excluding hydrogens is 350 g/mol. The maximum absolute atomic E-state index is 9.56. The van der Waals surface area contributed by atoms with E-state index in [9.17, 15) is 5.11 Å². The van der Waals surface area contributed by atoms with E-state index in [2.05, 4.69) is 30.1 Å². The van der Waals surface area contributed by atoms with E-state index in [-0.39, 0.29) is 25.4 Å². The number of unbranched alkanes of at least 4 members (excludes halogenated alkanes) is 1. The average molecular weight is 384 g/mol. The highest BCUT2D eigenvalue weighted by molar-refractivity contribution is 7.09. The topological polar surface area (TPSA) is 71.8 Å². The van der Waals surface area contributed by atoms with Gasteiger partial charge >= 0.3 is 0 Å². The molecule has 0 fully saturated rings. The van der Waals surface area contributed by atoms with Crippen molar-refractivity contribution in [2.24, 2.45) is 5.92 Å². The van der Waals surface area contributed by atoms with Gasteiger partial charge in [0.2, 0.25) is 0 Å². The summed E-state index contributed by atoms with van der Waals surface area (Å²) in [5.74, 6) is 0.123. The predicted octanol–water partition coefficient (Wildman–Crippen LogP) is 3.95. The third kappa shape index (κ3) is 9.05. The Kier molecular flexibility index (Phi) is 11.6. The van der Waals surface area contributed by atoms with Crippen molar-refractivity contribution in [3.8, 4) is 0 Å². The van der Waals surface area contributed by atoms with Crippen LogP contribution >= 0.6 is 11.3 Å². The third-order valence-corrected chi connectivity index (χ3v) is 5.09. The summed E-state index contributed by atoms with van der Waals surface area (Å²) in [6.07, 6.45) is 9.32. The van der Waals surface area contributed by atoms with E-state index in [0.29, 0.717) is 0 Å². The van der Waals surface area contributed by atoms with Crippen LogP contribution in [0.2, 0.25) is 0 Å². The summed E-state index contributed by atoms with van der Waals surface area (Å²) in [7, 11) is 1.62. The van der Waals surface area contributed by atoms with Crippen LogP contribution in [-0.2, 0) is 9.47 Å². The lowest BCUT2D eigenvalue weighted by atomic mass is 9.98. The van der Waals surface area contributed by atoms with E-state index in [1.54, 1.807) is 18.4 Å². The monoisotopic (exact) mass is 383 g/mol. The fourth-order valence-corrected chi connectivity index (χ4v) is 3.15. The summed E-state index contributed by atoms with van der Waals surface area (Å²) in [5.41, 5.74) is 2.09. The van der Waals surface area contributed by atoms with E-state index >= 15 is 0 Å². The number of ether oxygens (including phenoxy) is 2. The van der Waals surface area contributed by atoms with Gasteiger partial charge in [0.15, 0.2) is 0 Å². The molecule has 0 aliphatic carbocycles. The van der Waals surface area contributed by atoms with Crippen molar-refractivity contribution < 1.29 is 19.7 Å². The summed E-state index contributed by atoms with van der Waals surface area (Å²) >= 11 is 1.64. The van der Waals surface area contributed by atoms with Crippen LogP contribution in [0.1, 0.15) is 50.2 Å². The highest BCUT2D eigenvalue weighted by Gasteiger charge is 2.12. The van der Waals surface area contributed by atoms with E-state index in [1.165, 1.54) is 0 Å². The molecule has 5 nitrogen and oxygen atoms in total. The van der Waals surface area contributed by atoms with E-state index < -0.39 is 6.10 Å². The zero-order valence-corrected chi connectivity index (χ0v) is 17.2. The fraction of sp³-hybridized carbons (Fsp3) is 0.650. The van der Waals surface area contributed by atoms with Gasteiger partial charge in [-0.2, -0.15) is 0 Å². The molecule has 0 amide bonds. The van der Waals surface area contributed by atoms with Crippen molar-refractivity contribution in [1.29, 1.82) is 0 Å². The molecule has 3 atom stereocenters. The summed E-state index contributed by atoms with van der Waals surface area (Å²) in [4.78, 5) is 4.47. The number of thiazole rings is 1. The van der Waals surface area contributed by atoms with Crippen molar-refractivity contribution in [2.75, 3.05) is 20.5 Å². The van der Waals surface area contributed by atoms with Gasteiger partial charge in [0.05, 0.1) is 29.5 Å². The Hall–Kier alpha value is -1.05. The third-order valence-electron chi connectivity index (χ3n) is 4.30. The van der Waals surface area contributed by atoms with E-state index in [1.807, 2.05) is 19.2 Å². The molecule has 0 spiro atoms. The van der Waals surface area contributed by atoms with Gasteiger partial charge in [-0.15, -0.1) is 11.3 Å². The Balaban J connectivity index is 2.47. The number of methoxy groups -OCH3 is 1. The Bertz CT molecular complexity index is 556. The maximum Gasteiger partial charge on any atom is 0.147 e. The van der Waals surface area contributed by atoms with Crippen molar-refractivity contribution in [3.63, 3.8) is 0 Å². The minimum atomic E-state index is -0.618. The predicted molar refractivity (Wildman–Crippen MR) is 107 cm³/mol. The quantitative estimate of drug-likeness (QED) is 0.307. The number of aliphatic hydroxyl groups is 2. The number of aryl methyl sites for hydroxylation is 1. The van der Waals surface area contributed by atoms with Gasteiger partial charge in [0, 0.05) is 12.5 Å². The number of hydrogen-bond acceptors (Lipinski definition) is 6. The minimum Gasteiger partial charge on any atom is -0.394 e. The molecule has 6 heteroatoms. The maximum atomic E-state index is 9.56. The highest BCUT2D eigenvalue weighted by Crippen LogP contribution is 2.18. The molecule has 0 radical (unpaired) electrons. The van der Waals surface area contributed by atoms with Gasteiger partial charge < -0.3 is 19.7 Å². The van der Waals surface area contributed by atoms with Crippen molar-refractivity contribution in [2.45, 2.75) is 58.7 Å². The van der Waals surface area contributed by atoms with Crippen LogP contribution in [0, 0.1) is 12.8 Å². The minimum absolute atomic E-state index is 0.0386. The number of aromatic nitrogens is 1. The Morgan fingerprint density at radius 1 is 1.38 bits per heavy atom. The van der Waals surface area contributed by atoms with Crippen LogP contribution in [0.25, 0.3) is 6.08 Å². The van der Waals surface area contributed by atoms with Crippen molar-refractivity contribution in [1.82, 2.24) is 4.98 Å². The average Bonchev–Trinajstić information content (AvgIpc) is 3.03. The number of nitrogens with zero attached hydrogens (tertiary/aromatic N) is 1. The molecule has 1 heterocycles. The van der Waals surface area contributed by atoms with Gasteiger partial charge in [0.25, 0.3) is 0 Å². The first-order valence-electron chi connectivity index (χ1n) is 9.12. The number of hydrogen-bond donors (Lipinski definition) is 2. The zero-order chi connectivity index (χ0) is 19.4. The van der Waals surface area contributed by atoms with Crippen LogP contribution in [0.3, 0.4) is 0 Å². The molecule has 0 aliphatic heterocycles. The van der Waals surface area contributed by atoms with Crippen LogP contribution in [0.15, 0.2) is 23.1 Å². The summed E-state index contributed by atoms with van der Waals surface area (Å²) < 4.78 is 10.8. The second-order valence-electron chi connectivity index (χ2n) is 6.61. The molecule has 148 valence electrons. The number of rotatable bonds is 13. The Morgan fingerprint density at radius 3 is 2.77 bits per heavy atom. The normalized spacial score (nSPS) is 16.2. The molecule has 2 N–H and O–H groups in total. The molecule has 0 saturated carbocycles. The second kappa shape index (κ2) is 13.2. The number of allylic oxidation sites excluding steroid dienone is 1. The Labute approximate surface area is 161 Å². The highest BCUT2D eigenvalue weighted by atomic mass is 32.1. The van der Waals surface area contributed by atoms with Crippen LogP contribution in [0.5, 0.6) is 0 Å². The standard InChI is InChI=1S/C20H33NO4S/c1-15(19(23)12-22)9-7-5-6-8-10-20(25-14-24-4)16(2)11-18-13-26-17(3)21-18/h6,8,11,13,15,19-20,22-23H,5,7,9-10,12,14H2,1-4H3/b8-6-,16-11+/t15-,19-,20-/m0/s1. The second-order valence-corrected chi connectivity index (χ2v) is 7.67. The van der Waals surface area contributed by atoms with Crippen molar-refractivity contribution in [3.05, 3.63) is 33.8 Å². The first-order valence-corrected chi connectivity index (χ1v) is 10.0. The molecule has 0 aliphatic rings. The van der Waals surface area contributed by atoms with Gasteiger partial charge in [-0.1, -0.05) is 19.1 Å². The molecule has 1 aromatic heterocycles. The molecule has 0 saturated heterocycles. The fourth-order valence-electron chi connectivity index (χ4n) is 2.58. The molecule has 0 aromatic carbocycles. The van der Waals surface area contributed by atoms with Gasteiger partial charge in [-0.05, 0) is 57.1 Å². The molecule has 0 bridgehead atoms. The van der Waals surface area contributed by atoms with Crippen LogP contribution < -0.4 is 0 Å². The van der Waals surface area contributed by atoms with Gasteiger partial charge in [0.1, 0.15) is 6.79 Å². The van der Waals surface area contributed by atoms with Gasteiger partial charge in [-0.3, -0.25) is 0 Å². The molecule has 26 heavy (non-hydrogen) atoms. The SMILES string of the molecule is COCO[C@@H](C/C=C\CCC[C@H](C)[C@@H](O)CO)/C(C)=C/c1csc(C)n1. The van der Waals surface area contributed by atoms with Gasteiger partial charge in [-0.25, -0.2) is 4.98 Å². The molecule has 1 rings (SSSR count). The summed E-state index contributed by atoms with van der Waals surface area (Å²) in [6, 6.07) is 0. The van der Waals surface area contributed by atoms with E-state index in [0.717, 1.165) is 42.0 Å². The first kappa shape index (κ1) is 23.0. The molecule has 0 unspecified atom stereocenters. The smallest absolute Gasteiger partial charge is 0.147 e. The zero-order valence-electron chi connectivity index (χ0n) is 16.4. The lowest BCUT2D eigenvalue weighted by molar-refractivity contribution is -0.0575.